The third-order valence-corrected chi connectivity index (χ3v) is 4.01. The normalized spacial score (nSPS) is 13.8. The molecule has 0 aliphatic heterocycles. The first kappa shape index (κ1) is 14.9. The fourth-order valence-electron chi connectivity index (χ4n) is 2.20. The van der Waals surface area contributed by atoms with E-state index in [1.165, 1.54) is 11.3 Å². The van der Waals surface area contributed by atoms with Crippen LogP contribution in [-0.4, -0.2) is 7.05 Å². The van der Waals surface area contributed by atoms with E-state index in [9.17, 15) is 0 Å². The Bertz CT molecular complexity index is 546. The van der Waals surface area contributed by atoms with E-state index >= 15 is 0 Å². The number of anilines is 1. The summed E-state index contributed by atoms with van der Waals surface area (Å²) in [7, 11) is 2.10. The van der Waals surface area contributed by atoms with Gasteiger partial charge in [0.15, 0.2) is 0 Å². The summed E-state index contributed by atoms with van der Waals surface area (Å²) in [5, 5.41) is 0.768. The number of nitrogens with two attached hydrogens (primary N) is 1. The molecule has 0 bridgehead atoms. The van der Waals surface area contributed by atoms with Crippen molar-refractivity contribution in [3.05, 3.63) is 64.7 Å². The van der Waals surface area contributed by atoms with Gasteiger partial charge in [-0.3, -0.25) is 0 Å². The molecule has 0 aliphatic rings. The summed E-state index contributed by atoms with van der Waals surface area (Å²) in [6, 6.07) is 16.8. The molecule has 0 heterocycles. The van der Waals surface area contributed by atoms with Gasteiger partial charge in [-0.15, -0.1) is 0 Å². The molecule has 0 aromatic heterocycles. The van der Waals surface area contributed by atoms with Crippen LogP contribution in [0.25, 0.3) is 0 Å². The van der Waals surface area contributed by atoms with Crippen molar-refractivity contribution in [3.8, 4) is 0 Å². The van der Waals surface area contributed by atoms with Crippen LogP contribution in [0.15, 0.2) is 48.5 Å². The molecule has 0 aliphatic carbocycles. The first-order valence-electron chi connectivity index (χ1n) is 6.83. The smallest absolute Gasteiger partial charge is 0.0511 e. The van der Waals surface area contributed by atoms with Crippen molar-refractivity contribution in [1.29, 1.82) is 0 Å². The molecule has 1 unspecified atom stereocenters. The fourth-order valence-corrected chi connectivity index (χ4v) is 2.33. The van der Waals surface area contributed by atoms with E-state index in [4.69, 9.17) is 17.3 Å². The van der Waals surface area contributed by atoms with E-state index in [0.717, 1.165) is 10.6 Å². The summed E-state index contributed by atoms with van der Waals surface area (Å²) in [4.78, 5) is 2.24. The number of hydrogen-bond donors (Lipinski definition) is 1. The maximum Gasteiger partial charge on any atom is 0.0511 e. The minimum Gasteiger partial charge on any atom is -0.368 e. The second kappa shape index (κ2) is 6.29. The van der Waals surface area contributed by atoms with Gasteiger partial charge in [-0.25, -0.2) is 0 Å². The van der Waals surface area contributed by atoms with Gasteiger partial charge in [0.05, 0.1) is 6.04 Å². The Morgan fingerprint density at radius 2 is 1.40 bits per heavy atom. The quantitative estimate of drug-likeness (QED) is 0.894. The van der Waals surface area contributed by atoms with E-state index < -0.39 is 0 Å². The van der Waals surface area contributed by atoms with Gasteiger partial charge in [0.25, 0.3) is 0 Å². The zero-order valence-corrected chi connectivity index (χ0v) is 12.9. The standard InChI is InChI=1S/C17H21ClN2/c1-12(19)14-6-10-17(11-7-14)20(3)13(2)15-4-8-16(18)9-5-15/h4-13H,19H2,1-3H3/t12-,13?/m1/s1. The van der Waals surface area contributed by atoms with Crippen LogP contribution in [0.2, 0.25) is 5.02 Å². The van der Waals surface area contributed by atoms with E-state index in [0.29, 0.717) is 0 Å². The molecule has 0 saturated carbocycles. The van der Waals surface area contributed by atoms with Gasteiger partial charge >= 0.3 is 0 Å². The van der Waals surface area contributed by atoms with Crippen molar-refractivity contribution >= 4 is 17.3 Å². The first-order chi connectivity index (χ1) is 9.49. The lowest BCUT2D eigenvalue weighted by Gasteiger charge is -2.28. The number of nitrogens with zero attached hydrogens (tertiary/aromatic N) is 1. The molecule has 3 heteroatoms. The summed E-state index contributed by atoms with van der Waals surface area (Å²) in [5.74, 6) is 0. The van der Waals surface area contributed by atoms with E-state index in [2.05, 4.69) is 55.3 Å². The summed E-state index contributed by atoms with van der Waals surface area (Å²) >= 11 is 5.93. The maximum absolute atomic E-state index is 5.93. The number of benzene rings is 2. The van der Waals surface area contributed by atoms with Gasteiger partial charge in [-0.2, -0.15) is 0 Å². The average Bonchev–Trinajstić information content (AvgIpc) is 2.46. The van der Waals surface area contributed by atoms with Gasteiger partial charge in [0.1, 0.15) is 0 Å². The highest BCUT2D eigenvalue weighted by atomic mass is 35.5. The van der Waals surface area contributed by atoms with Gasteiger partial charge in [-0.05, 0) is 49.2 Å². The second-order valence-corrected chi connectivity index (χ2v) is 5.66. The Morgan fingerprint density at radius 1 is 0.900 bits per heavy atom. The Balaban J connectivity index is 2.17. The molecule has 0 spiro atoms. The van der Waals surface area contributed by atoms with Gasteiger partial charge in [-0.1, -0.05) is 35.9 Å². The third kappa shape index (κ3) is 3.33. The Kier molecular flexibility index (Phi) is 4.69. The lowest BCUT2D eigenvalue weighted by Crippen LogP contribution is -2.21. The van der Waals surface area contributed by atoms with Crippen molar-refractivity contribution in [2.24, 2.45) is 5.73 Å². The number of halogens is 1. The molecule has 2 nitrogen and oxygen atoms in total. The Morgan fingerprint density at radius 3 is 1.90 bits per heavy atom. The van der Waals surface area contributed by atoms with Gasteiger partial charge in [0, 0.05) is 23.8 Å². The Hall–Kier alpha value is -1.51. The zero-order chi connectivity index (χ0) is 14.7. The minimum atomic E-state index is 0.0723. The predicted molar refractivity (Wildman–Crippen MR) is 87.3 cm³/mol. The molecular weight excluding hydrogens is 268 g/mol. The van der Waals surface area contributed by atoms with E-state index in [1.54, 1.807) is 0 Å². The topological polar surface area (TPSA) is 29.3 Å². The van der Waals surface area contributed by atoms with Crippen LogP contribution in [0, 0.1) is 0 Å². The monoisotopic (exact) mass is 288 g/mol. The van der Waals surface area contributed by atoms with Crippen LogP contribution in [0.4, 0.5) is 5.69 Å². The average molecular weight is 289 g/mol. The zero-order valence-electron chi connectivity index (χ0n) is 12.2. The summed E-state index contributed by atoms with van der Waals surface area (Å²) in [6.45, 7) is 4.18. The highest BCUT2D eigenvalue weighted by Gasteiger charge is 2.12. The van der Waals surface area contributed by atoms with Crippen molar-refractivity contribution in [3.63, 3.8) is 0 Å². The van der Waals surface area contributed by atoms with Crippen LogP contribution in [0.1, 0.15) is 37.1 Å². The van der Waals surface area contributed by atoms with Gasteiger partial charge < -0.3 is 10.6 Å². The molecule has 2 rings (SSSR count). The lowest BCUT2D eigenvalue weighted by molar-refractivity contribution is 0.738. The molecule has 0 amide bonds. The van der Waals surface area contributed by atoms with Crippen molar-refractivity contribution < 1.29 is 0 Å². The highest BCUT2D eigenvalue weighted by Crippen LogP contribution is 2.27. The molecule has 0 radical (unpaired) electrons. The van der Waals surface area contributed by atoms with Crippen molar-refractivity contribution in [2.75, 3.05) is 11.9 Å². The van der Waals surface area contributed by atoms with Crippen LogP contribution in [0.5, 0.6) is 0 Å². The molecule has 106 valence electrons. The van der Waals surface area contributed by atoms with Crippen LogP contribution in [-0.2, 0) is 0 Å². The maximum atomic E-state index is 5.93. The van der Waals surface area contributed by atoms with Gasteiger partial charge in [0.2, 0.25) is 0 Å². The van der Waals surface area contributed by atoms with Crippen molar-refractivity contribution in [2.45, 2.75) is 25.9 Å². The van der Waals surface area contributed by atoms with E-state index in [-0.39, 0.29) is 12.1 Å². The first-order valence-corrected chi connectivity index (χ1v) is 7.20. The Labute approximate surface area is 126 Å². The number of rotatable bonds is 4. The molecule has 2 aromatic carbocycles. The summed E-state index contributed by atoms with van der Waals surface area (Å²) < 4.78 is 0. The molecule has 0 saturated heterocycles. The highest BCUT2D eigenvalue weighted by molar-refractivity contribution is 6.30. The van der Waals surface area contributed by atoms with Crippen molar-refractivity contribution in [1.82, 2.24) is 0 Å². The predicted octanol–water partition coefficient (Wildman–Crippen LogP) is 4.56. The molecule has 2 atom stereocenters. The third-order valence-electron chi connectivity index (χ3n) is 3.76. The van der Waals surface area contributed by atoms with Crippen LogP contribution < -0.4 is 10.6 Å². The largest absolute Gasteiger partial charge is 0.368 e. The molecule has 0 fully saturated rings. The summed E-state index contributed by atoms with van der Waals surface area (Å²) in [5.41, 5.74) is 9.45. The lowest BCUT2D eigenvalue weighted by atomic mass is 10.1. The summed E-state index contributed by atoms with van der Waals surface area (Å²) in [6.07, 6.45) is 0. The second-order valence-electron chi connectivity index (χ2n) is 5.22. The van der Waals surface area contributed by atoms with Crippen LogP contribution in [0.3, 0.4) is 0 Å². The number of hydrogen-bond acceptors (Lipinski definition) is 2. The molecule has 20 heavy (non-hydrogen) atoms. The fraction of sp³-hybridized carbons (Fsp3) is 0.294. The molecular formula is C17H21ClN2. The minimum absolute atomic E-state index is 0.0723. The molecule has 2 aromatic rings. The molecule has 2 N–H and O–H groups in total. The van der Waals surface area contributed by atoms with Crippen LogP contribution >= 0.6 is 11.6 Å². The van der Waals surface area contributed by atoms with E-state index in [1.807, 2.05) is 19.1 Å². The SMILES string of the molecule is CC(c1ccc(Cl)cc1)N(C)c1ccc([C@@H](C)N)cc1.